The number of methoxy groups -OCH3 is 1. The van der Waals surface area contributed by atoms with Crippen molar-refractivity contribution >= 4 is 51.6 Å². The summed E-state index contributed by atoms with van der Waals surface area (Å²) in [5.74, 6) is 0.308. The van der Waals surface area contributed by atoms with Crippen LogP contribution < -0.4 is 20.5 Å². The zero-order valence-corrected chi connectivity index (χ0v) is 18.1. The molecule has 0 bridgehead atoms. The lowest BCUT2D eigenvalue weighted by atomic mass is 10.1. The summed E-state index contributed by atoms with van der Waals surface area (Å²) in [6.07, 6.45) is -4.24. The van der Waals surface area contributed by atoms with E-state index < -0.39 is 6.36 Å². The number of para-hydroxylation sites is 3. The summed E-state index contributed by atoms with van der Waals surface area (Å²) in [7, 11) is 1.57. The maximum Gasteiger partial charge on any atom is 0.573 e. The molecule has 0 amide bonds. The van der Waals surface area contributed by atoms with Crippen LogP contribution in [-0.4, -0.2) is 26.0 Å². The SMILES string of the molecule is COc1c(Br)cccc1CCN=C(N)Nc1ccccc1OC(F)(F)F.I. The first-order valence-corrected chi connectivity index (χ1v) is 8.32. The van der Waals surface area contributed by atoms with E-state index in [4.69, 9.17) is 10.5 Å². The summed E-state index contributed by atoms with van der Waals surface area (Å²) in [6, 6.07) is 11.2. The molecule has 148 valence electrons. The van der Waals surface area contributed by atoms with Crippen LogP contribution >= 0.6 is 39.9 Å². The van der Waals surface area contributed by atoms with Crippen LogP contribution in [0.25, 0.3) is 0 Å². The summed E-state index contributed by atoms with van der Waals surface area (Å²) in [5.41, 5.74) is 6.77. The highest BCUT2D eigenvalue weighted by molar-refractivity contribution is 14.0. The molecule has 0 aliphatic heterocycles. The van der Waals surface area contributed by atoms with Gasteiger partial charge in [0.25, 0.3) is 0 Å². The van der Waals surface area contributed by atoms with Gasteiger partial charge in [0.2, 0.25) is 0 Å². The van der Waals surface area contributed by atoms with Crippen molar-refractivity contribution in [2.45, 2.75) is 12.8 Å². The zero-order chi connectivity index (χ0) is 19.2. The van der Waals surface area contributed by atoms with Crippen molar-refractivity contribution in [3.05, 3.63) is 52.5 Å². The number of rotatable bonds is 6. The minimum absolute atomic E-state index is 0. The van der Waals surface area contributed by atoms with E-state index in [1.165, 1.54) is 18.2 Å². The number of guanidine groups is 1. The molecule has 0 fully saturated rings. The maximum absolute atomic E-state index is 12.4. The van der Waals surface area contributed by atoms with Crippen molar-refractivity contribution in [3.63, 3.8) is 0 Å². The first-order chi connectivity index (χ1) is 12.3. The average molecular weight is 560 g/mol. The van der Waals surface area contributed by atoms with Crippen molar-refractivity contribution < 1.29 is 22.6 Å². The Hall–Kier alpha value is -1.69. The summed E-state index contributed by atoms with van der Waals surface area (Å²) in [5, 5.41) is 2.62. The van der Waals surface area contributed by atoms with Crippen LogP contribution in [0.4, 0.5) is 18.9 Å². The molecular formula is C17H18BrF3IN3O2. The van der Waals surface area contributed by atoms with Gasteiger partial charge in [0, 0.05) is 6.54 Å². The van der Waals surface area contributed by atoms with Crippen LogP contribution in [0.2, 0.25) is 0 Å². The van der Waals surface area contributed by atoms with E-state index in [1.807, 2.05) is 18.2 Å². The van der Waals surface area contributed by atoms with Crippen molar-refractivity contribution in [1.29, 1.82) is 0 Å². The lowest BCUT2D eigenvalue weighted by Gasteiger charge is -2.14. The molecule has 0 saturated carbocycles. The number of aliphatic imine (C=N–C) groups is 1. The van der Waals surface area contributed by atoms with Crippen molar-refractivity contribution in [2.75, 3.05) is 19.0 Å². The third-order valence-corrected chi connectivity index (χ3v) is 3.92. The second kappa shape index (κ2) is 10.6. The summed E-state index contributed by atoms with van der Waals surface area (Å²) in [4.78, 5) is 4.13. The Balaban J connectivity index is 0.00000364. The summed E-state index contributed by atoms with van der Waals surface area (Å²) in [6.45, 7) is 0.327. The molecule has 2 rings (SSSR count). The van der Waals surface area contributed by atoms with Gasteiger partial charge in [-0.2, -0.15) is 0 Å². The fourth-order valence-electron chi connectivity index (χ4n) is 2.24. The molecule has 3 N–H and O–H groups in total. The largest absolute Gasteiger partial charge is 0.573 e. The van der Waals surface area contributed by atoms with Gasteiger partial charge in [0.15, 0.2) is 11.7 Å². The van der Waals surface area contributed by atoms with Gasteiger partial charge < -0.3 is 20.5 Å². The van der Waals surface area contributed by atoms with E-state index in [-0.39, 0.29) is 41.4 Å². The van der Waals surface area contributed by atoms with Crippen molar-refractivity contribution in [2.24, 2.45) is 10.7 Å². The highest BCUT2D eigenvalue weighted by Gasteiger charge is 2.32. The molecule has 0 heterocycles. The van der Waals surface area contributed by atoms with E-state index in [2.05, 4.69) is 31.0 Å². The molecule has 0 aliphatic rings. The van der Waals surface area contributed by atoms with Gasteiger partial charge in [-0.05, 0) is 46.1 Å². The summed E-state index contributed by atoms with van der Waals surface area (Å²) >= 11 is 3.40. The van der Waals surface area contributed by atoms with Crippen LogP contribution in [0.15, 0.2) is 51.9 Å². The van der Waals surface area contributed by atoms with Crippen LogP contribution in [0.5, 0.6) is 11.5 Å². The number of nitrogens with zero attached hydrogens (tertiary/aromatic N) is 1. The highest BCUT2D eigenvalue weighted by Crippen LogP contribution is 2.30. The molecule has 0 aromatic heterocycles. The molecule has 2 aromatic carbocycles. The molecule has 0 radical (unpaired) electrons. The highest BCUT2D eigenvalue weighted by atomic mass is 127. The number of hydrogen-bond donors (Lipinski definition) is 2. The summed E-state index contributed by atoms with van der Waals surface area (Å²) < 4.78 is 47.4. The number of hydrogen-bond acceptors (Lipinski definition) is 3. The van der Waals surface area contributed by atoms with Gasteiger partial charge in [-0.1, -0.05) is 24.3 Å². The predicted octanol–water partition coefficient (Wildman–Crippen LogP) is 4.94. The van der Waals surface area contributed by atoms with Crippen LogP contribution in [0.1, 0.15) is 5.56 Å². The number of halogens is 5. The number of ether oxygens (including phenoxy) is 2. The normalized spacial score (nSPS) is 11.5. The number of nitrogens with one attached hydrogen (secondary N) is 1. The first-order valence-electron chi connectivity index (χ1n) is 7.53. The number of benzene rings is 2. The van der Waals surface area contributed by atoms with E-state index in [0.29, 0.717) is 18.7 Å². The van der Waals surface area contributed by atoms with Gasteiger partial charge >= 0.3 is 6.36 Å². The van der Waals surface area contributed by atoms with Crippen LogP contribution in [-0.2, 0) is 6.42 Å². The van der Waals surface area contributed by atoms with Crippen molar-refractivity contribution in [3.8, 4) is 11.5 Å². The van der Waals surface area contributed by atoms with E-state index >= 15 is 0 Å². The molecule has 10 heteroatoms. The molecule has 2 aromatic rings. The molecule has 0 atom stereocenters. The molecule has 0 saturated heterocycles. The first kappa shape index (κ1) is 23.3. The third kappa shape index (κ3) is 7.45. The van der Waals surface area contributed by atoms with Crippen LogP contribution in [0.3, 0.4) is 0 Å². The molecular weight excluding hydrogens is 542 g/mol. The molecule has 5 nitrogen and oxygen atoms in total. The Morgan fingerprint density at radius 3 is 2.56 bits per heavy atom. The van der Waals surface area contributed by atoms with E-state index in [1.54, 1.807) is 13.2 Å². The lowest BCUT2D eigenvalue weighted by molar-refractivity contribution is -0.274. The van der Waals surface area contributed by atoms with Crippen LogP contribution in [0, 0.1) is 0 Å². The number of nitrogens with two attached hydrogens (primary N) is 1. The smallest absolute Gasteiger partial charge is 0.495 e. The topological polar surface area (TPSA) is 68.9 Å². The van der Waals surface area contributed by atoms with E-state index in [9.17, 15) is 13.2 Å². The predicted molar refractivity (Wildman–Crippen MR) is 113 cm³/mol. The van der Waals surface area contributed by atoms with Gasteiger partial charge in [-0.25, -0.2) is 0 Å². The standard InChI is InChI=1S/C17H17BrF3N3O2.HI/c1-25-15-11(5-4-6-12(15)18)9-10-23-16(22)24-13-7-2-3-8-14(13)26-17(19,20)21;/h2-8H,9-10H2,1H3,(H3,22,23,24);1H. The fraction of sp³-hybridized carbons (Fsp3) is 0.235. The minimum Gasteiger partial charge on any atom is -0.495 e. The molecule has 27 heavy (non-hydrogen) atoms. The Morgan fingerprint density at radius 1 is 1.19 bits per heavy atom. The van der Waals surface area contributed by atoms with Gasteiger partial charge in [-0.15, -0.1) is 37.1 Å². The minimum atomic E-state index is -4.79. The maximum atomic E-state index is 12.4. The van der Waals surface area contributed by atoms with Gasteiger partial charge in [-0.3, -0.25) is 4.99 Å². The second-order valence-electron chi connectivity index (χ2n) is 5.12. The Labute approximate surface area is 180 Å². The second-order valence-corrected chi connectivity index (χ2v) is 5.97. The monoisotopic (exact) mass is 559 g/mol. The quantitative estimate of drug-likeness (QED) is 0.299. The Bertz CT molecular complexity index is 788. The Kier molecular flexibility index (Phi) is 9.16. The Morgan fingerprint density at radius 2 is 1.89 bits per heavy atom. The average Bonchev–Trinajstić information content (AvgIpc) is 2.55. The van der Waals surface area contributed by atoms with E-state index in [0.717, 1.165) is 10.0 Å². The molecule has 0 spiro atoms. The molecule has 0 unspecified atom stereocenters. The van der Waals surface area contributed by atoms with Crippen molar-refractivity contribution in [1.82, 2.24) is 0 Å². The number of anilines is 1. The zero-order valence-electron chi connectivity index (χ0n) is 14.2. The third-order valence-electron chi connectivity index (χ3n) is 3.29. The molecule has 0 aliphatic carbocycles. The number of alkyl halides is 3. The van der Waals surface area contributed by atoms with Gasteiger partial charge in [0.05, 0.1) is 17.3 Å². The fourth-order valence-corrected chi connectivity index (χ4v) is 2.81. The van der Waals surface area contributed by atoms with Gasteiger partial charge in [0.1, 0.15) is 5.75 Å². The lowest BCUT2D eigenvalue weighted by Crippen LogP contribution is -2.24.